The highest BCUT2D eigenvalue weighted by molar-refractivity contribution is 7.80. The topological polar surface area (TPSA) is 108 Å². The Morgan fingerprint density at radius 1 is 1.69 bits per heavy atom. The molecule has 1 aliphatic heterocycles. The van der Waals surface area contributed by atoms with Crippen LogP contribution < -0.4 is 16.6 Å². The molecule has 0 aromatic rings. The standard InChI is InChI=1S/C8H14N4O3S/c9-11-8(16)10-1-2-12-4-5(7(14)15)3-6(12)13/h5H,1-4,9H2,(H,14,15)(H2,10,11,16). The summed E-state index contributed by atoms with van der Waals surface area (Å²) >= 11 is 4.74. The van der Waals surface area contributed by atoms with Gasteiger partial charge in [0.15, 0.2) is 5.11 Å². The Hall–Kier alpha value is -1.41. The fourth-order valence-electron chi connectivity index (χ4n) is 1.51. The van der Waals surface area contributed by atoms with E-state index in [1.807, 2.05) is 0 Å². The number of carboxylic acid groups (broad SMARTS) is 1. The van der Waals surface area contributed by atoms with E-state index in [-0.39, 0.29) is 18.9 Å². The van der Waals surface area contributed by atoms with Crippen molar-refractivity contribution in [2.75, 3.05) is 19.6 Å². The number of hydrogen-bond donors (Lipinski definition) is 4. The van der Waals surface area contributed by atoms with E-state index in [1.165, 1.54) is 4.90 Å². The normalized spacial score (nSPS) is 19.7. The second kappa shape index (κ2) is 5.61. The molecule has 5 N–H and O–H groups in total. The zero-order valence-corrected chi connectivity index (χ0v) is 9.42. The molecule has 0 aromatic heterocycles. The second-order valence-corrected chi connectivity index (χ2v) is 3.89. The molecule has 7 nitrogen and oxygen atoms in total. The summed E-state index contributed by atoms with van der Waals surface area (Å²) in [5.74, 6) is 3.39. The van der Waals surface area contributed by atoms with E-state index in [2.05, 4.69) is 10.7 Å². The molecule has 0 bridgehead atoms. The Labute approximate surface area is 97.9 Å². The summed E-state index contributed by atoms with van der Waals surface area (Å²) in [4.78, 5) is 23.6. The van der Waals surface area contributed by atoms with Crippen molar-refractivity contribution in [2.24, 2.45) is 11.8 Å². The van der Waals surface area contributed by atoms with Gasteiger partial charge in [0.25, 0.3) is 0 Å². The number of nitrogens with one attached hydrogen (secondary N) is 2. The van der Waals surface area contributed by atoms with Crippen LogP contribution in [0.2, 0.25) is 0 Å². The molecule has 90 valence electrons. The number of aliphatic carboxylic acids is 1. The molecule has 0 aliphatic carbocycles. The van der Waals surface area contributed by atoms with Crippen LogP contribution in [-0.2, 0) is 9.59 Å². The van der Waals surface area contributed by atoms with E-state index < -0.39 is 11.9 Å². The number of carbonyl (C=O) groups excluding carboxylic acids is 1. The van der Waals surface area contributed by atoms with Crippen LogP contribution in [0, 0.1) is 5.92 Å². The third kappa shape index (κ3) is 3.31. The van der Waals surface area contributed by atoms with Crippen molar-refractivity contribution < 1.29 is 14.7 Å². The van der Waals surface area contributed by atoms with Crippen LogP contribution >= 0.6 is 12.2 Å². The summed E-state index contributed by atoms with van der Waals surface area (Å²) in [5, 5.41) is 11.8. The van der Waals surface area contributed by atoms with Gasteiger partial charge in [0.2, 0.25) is 5.91 Å². The van der Waals surface area contributed by atoms with Gasteiger partial charge in [-0.15, -0.1) is 0 Å². The van der Waals surface area contributed by atoms with Crippen molar-refractivity contribution in [1.29, 1.82) is 0 Å². The molecule has 1 atom stereocenters. The Morgan fingerprint density at radius 3 is 2.88 bits per heavy atom. The molecular weight excluding hydrogens is 232 g/mol. The van der Waals surface area contributed by atoms with Gasteiger partial charge in [-0.25, -0.2) is 5.84 Å². The molecule has 16 heavy (non-hydrogen) atoms. The van der Waals surface area contributed by atoms with E-state index in [0.717, 1.165) is 0 Å². The van der Waals surface area contributed by atoms with Gasteiger partial charge in [-0.3, -0.25) is 9.59 Å². The minimum Gasteiger partial charge on any atom is -0.481 e. The number of rotatable bonds is 4. The SMILES string of the molecule is NNC(=S)NCCN1CC(C(=O)O)CC1=O. The van der Waals surface area contributed by atoms with Gasteiger partial charge in [-0.2, -0.15) is 0 Å². The fourth-order valence-corrected chi connectivity index (χ4v) is 1.61. The van der Waals surface area contributed by atoms with Crippen LogP contribution in [0.15, 0.2) is 0 Å². The van der Waals surface area contributed by atoms with Gasteiger partial charge in [-0.05, 0) is 12.2 Å². The highest BCUT2D eigenvalue weighted by Gasteiger charge is 2.33. The lowest BCUT2D eigenvalue weighted by Gasteiger charge is -2.16. The average molecular weight is 246 g/mol. The van der Waals surface area contributed by atoms with Crippen LogP contribution in [0.5, 0.6) is 0 Å². The molecular formula is C8H14N4O3S. The van der Waals surface area contributed by atoms with Crippen molar-refractivity contribution in [3.8, 4) is 0 Å². The number of likely N-dealkylation sites (tertiary alicyclic amines) is 1. The van der Waals surface area contributed by atoms with Crippen LogP contribution in [0.1, 0.15) is 6.42 Å². The second-order valence-electron chi connectivity index (χ2n) is 3.48. The largest absolute Gasteiger partial charge is 0.481 e. The predicted octanol–water partition coefficient (Wildman–Crippen LogP) is -1.74. The quantitative estimate of drug-likeness (QED) is 0.265. The summed E-state index contributed by atoms with van der Waals surface area (Å²) in [5.41, 5.74) is 2.25. The van der Waals surface area contributed by atoms with Crippen molar-refractivity contribution in [1.82, 2.24) is 15.6 Å². The number of nitrogens with two attached hydrogens (primary N) is 1. The molecule has 1 heterocycles. The van der Waals surface area contributed by atoms with Crippen molar-refractivity contribution in [3.63, 3.8) is 0 Å². The Bertz CT molecular complexity index is 310. The third-order valence-electron chi connectivity index (χ3n) is 2.36. The fraction of sp³-hybridized carbons (Fsp3) is 0.625. The summed E-state index contributed by atoms with van der Waals surface area (Å²) in [6.45, 7) is 1.13. The number of hydrazine groups is 1. The Kier molecular flexibility index (Phi) is 4.44. The number of amides is 1. The maximum atomic E-state index is 11.4. The Morgan fingerprint density at radius 2 is 2.38 bits per heavy atom. The minimum absolute atomic E-state index is 0.0783. The van der Waals surface area contributed by atoms with E-state index in [4.69, 9.17) is 23.2 Å². The van der Waals surface area contributed by atoms with E-state index in [9.17, 15) is 9.59 Å². The summed E-state index contributed by atoms with van der Waals surface area (Å²) in [7, 11) is 0. The highest BCUT2D eigenvalue weighted by Crippen LogP contribution is 2.16. The first kappa shape index (κ1) is 12.7. The molecule has 0 spiro atoms. The third-order valence-corrected chi connectivity index (χ3v) is 2.62. The molecule has 1 fully saturated rings. The van der Waals surface area contributed by atoms with E-state index in [1.54, 1.807) is 0 Å². The highest BCUT2D eigenvalue weighted by atomic mass is 32.1. The molecule has 1 rings (SSSR count). The van der Waals surface area contributed by atoms with Crippen LogP contribution in [0.4, 0.5) is 0 Å². The maximum absolute atomic E-state index is 11.4. The van der Waals surface area contributed by atoms with Gasteiger partial charge in [0.05, 0.1) is 5.92 Å². The van der Waals surface area contributed by atoms with Gasteiger partial charge >= 0.3 is 5.97 Å². The van der Waals surface area contributed by atoms with Crippen LogP contribution in [0.25, 0.3) is 0 Å². The van der Waals surface area contributed by atoms with Gasteiger partial charge in [-0.1, -0.05) is 0 Å². The summed E-state index contributed by atoms with van der Waals surface area (Å²) < 4.78 is 0. The molecule has 1 aliphatic rings. The zero-order chi connectivity index (χ0) is 12.1. The van der Waals surface area contributed by atoms with Gasteiger partial charge in [0, 0.05) is 26.1 Å². The molecule has 0 aromatic carbocycles. The molecule has 1 saturated heterocycles. The lowest BCUT2D eigenvalue weighted by molar-refractivity contribution is -0.141. The number of thiocarbonyl (C=S) groups is 1. The predicted molar refractivity (Wildman–Crippen MR) is 60.2 cm³/mol. The lowest BCUT2D eigenvalue weighted by Crippen LogP contribution is -2.43. The van der Waals surface area contributed by atoms with Gasteiger partial charge in [0.1, 0.15) is 0 Å². The van der Waals surface area contributed by atoms with Gasteiger partial charge < -0.3 is 20.7 Å². The van der Waals surface area contributed by atoms with E-state index >= 15 is 0 Å². The lowest BCUT2D eigenvalue weighted by atomic mass is 10.1. The summed E-state index contributed by atoms with van der Waals surface area (Å²) in [6.07, 6.45) is 0.0783. The molecule has 1 amide bonds. The zero-order valence-electron chi connectivity index (χ0n) is 8.60. The first-order valence-electron chi connectivity index (χ1n) is 4.79. The summed E-state index contributed by atoms with van der Waals surface area (Å²) in [6, 6.07) is 0. The molecule has 0 radical (unpaired) electrons. The van der Waals surface area contributed by atoms with Crippen molar-refractivity contribution in [3.05, 3.63) is 0 Å². The smallest absolute Gasteiger partial charge is 0.308 e. The minimum atomic E-state index is -0.928. The number of carboxylic acids is 1. The number of carbonyl (C=O) groups is 2. The molecule has 0 saturated carbocycles. The maximum Gasteiger partial charge on any atom is 0.308 e. The first-order chi connectivity index (χ1) is 7.54. The number of nitrogens with zero attached hydrogens (tertiary/aromatic N) is 1. The van der Waals surface area contributed by atoms with Crippen LogP contribution in [0.3, 0.4) is 0 Å². The number of hydrogen-bond acceptors (Lipinski definition) is 4. The van der Waals surface area contributed by atoms with Crippen LogP contribution in [-0.4, -0.2) is 46.6 Å². The van der Waals surface area contributed by atoms with Crippen molar-refractivity contribution >= 4 is 29.2 Å². The Balaban J connectivity index is 2.30. The monoisotopic (exact) mass is 246 g/mol. The molecule has 8 heteroatoms. The van der Waals surface area contributed by atoms with E-state index in [0.29, 0.717) is 18.2 Å². The average Bonchev–Trinajstić information content (AvgIpc) is 2.60. The first-order valence-corrected chi connectivity index (χ1v) is 5.20. The molecule has 1 unspecified atom stereocenters. The van der Waals surface area contributed by atoms with Crippen molar-refractivity contribution in [2.45, 2.75) is 6.42 Å².